The second-order valence-electron chi connectivity index (χ2n) is 3.41. The molecular weight excluding hydrogens is 194 g/mol. The average Bonchev–Trinajstić information content (AvgIpc) is 2.86. The van der Waals surface area contributed by atoms with Crippen LogP contribution in [0.3, 0.4) is 0 Å². The number of fused-ring (bicyclic) bond motifs is 1. The standard InChI is InChI=1S/C10H11N3S/c1-2-4-8-7(3-1)12-10(13-8)9-5-14-6-11-9/h1-4,9,11H,5-6H2,(H,12,13)/t9-/m0/s1. The second-order valence-corrected chi connectivity index (χ2v) is 4.44. The number of benzene rings is 1. The Morgan fingerprint density at radius 3 is 3.07 bits per heavy atom. The molecule has 0 amide bonds. The number of hydrogen-bond acceptors (Lipinski definition) is 3. The van der Waals surface area contributed by atoms with Gasteiger partial charge in [-0.15, -0.1) is 11.8 Å². The monoisotopic (exact) mass is 205 g/mol. The molecule has 1 saturated heterocycles. The van der Waals surface area contributed by atoms with Crippen LogP contribution in [0, 0.1) is 0 Å². The summed E-state index contributed by atoms with van der Waals surface area (Å²) in [5.41, 5.74) is 2.18. The predicted molar refractivity (Wildman–Crippen MR) is 59.3 cm³/mol. The van der Waals surface area contributed by atoms with Gasteiger partial charge in [0.15, 0.2) is 0 Å². The molecule has 2 N–H and O–H groups in total. The third kappa shape index (κ3) is 1.31. The zero-order valence-corrected chi connectivity index (χ0v) is 8.47. The molecular formula is C10H11N3S. The minimum absolute atomic E-state index is 0.396. The van der Waals surface area contributed by atoms with Crippen LogP contribution in [-0.4, -0.2) is 21.6 Å². The molecule has 0 spiro atoms. The normalized spacial score (nSPS) is 21.9. The Morgan fingerprint density at radius 1 is 1.36 bits per heavy atom. The molecule has 14 heavy (non-hydrogen) atoms. The largest absolute Gasteiger partial charge is 0.341 e. The van der Waals surface area contributed by atoms with Crippen LogP contribution >= 0.6 is 11.8 Å². The molecule has 1 aliphatic heterocycles. The third-order valence-corrected chi connectivity index (χ3v) is 3.39. The van der Waals surface area contributed by atoms with Crippen molar-refractivity contribution in [2.45, 2.75) is 6.04 Å². The van der Waals surface area contributed by atoms with Gasteiger partial charge >= 0.3 is 0 Å². The maximum atomic E-state index is 4.56. The minimum Gasteiger partial charge on any atom is -0.341 e. The second kappa shape index (κ2) is 3.29. The molecule has 72 valence electrons. The summed E-state index contributed by atoms with van der Waals surface area (Å²) in [5, 5.41) is 3.40. The van der Waals surface area contributed by atoms with E-state index in [9.17, 15) is 0 Å². The number of imidazole rings is 1. The maximum absolute atomic E-state index is 4.56. The number of nitrogens with one attached hydrogen (secondary N) is 2. The molecule has 1 aromatic heterocycles. The van der Waals surface area contributed by atoms with Crippen LogP contribution in [0.1, 0.15) is 11.9 Å². The van der Waals surface area contributed by atoms with E-state index < -0.39 is 0 Å². The highest BCUT2D eigenvalue weighted by Gasteiger charge is 2.19. The summed E-state index contributed by atoms with van der Waals surface area (Å²) in [5.74, 6) is 3.21. The molecule has 1 aliphatic rings. The number of para-hydroxylation sites is 2. The van der Waals surface area contributed by atoms with Gasteiger partial charge < -0.3 is 4.98 Å². The molecule has 0 radical (unpaired) electrons. The fourth-order valence-electron chi connectivity index (χ4n) is 1.71. The number of H-pyrrole nitrogens is 1. The van der Waals surface area contributed by atoms with Crippen LogP contribution in [0.5, 0.6) is 0 Å². The molecule has 1 aromatic carbocycles. The highest BCUT2D eigenvalue weighted by Crippen LogP contribution is 2.23. The average molecular weight is 205 g/mol. The molecule has 0 saturated carbocycles. The quantitative estimate of drug-likeness (QED) is 0.747. The van der Waals surface area contributed by atoms with Crippen molar-refractivity contribution >= 4 is 22.8 Å². The van der Waals surface area contributed by atoms with Crippen LogP contribution < -0.4 is 5.32 Å². The SMILES string of the molecule is c1ccc2[nH]c([C@@H]3CSCN3)nc2c1. The zero-order valence-electron chi connectivity index (χ0n) is 7.66. The van der Waals surface area contributed by atoms with E-state index in [0.29, 0.717) is 6.04 Å². The van der Waals surface area contributed by atoms with Gasteiger partial charge in [-0.05, 0) is 12.1 Å². The van der Waals surface area contributed by atoms with Gasteiger partial charge in [0.25, 0.3) is 0 Å². The van der Waals surface area contributed by atoms with Gasteiger partial charge in [-0.2, -0.15) is 0 Å². The Balaban J connectivity index is 2.05. The molecule has 1 atom stereocenters. The van der Waals surface area contributed by atoms with Crippen LogP contribution in [0.25, 0.3) is 11.0 Å². The lowest BCUT2D eigenvalue weighted by Gasteiger charge is -2.03. The van der Waals surface area contributed by atoms with E-state index in [0.717, 1.165) is 28.5 Å². The maximum Gasteiger partial charge on any atom is 0.125 e. The van der Waals surface area contributed by atoms with Crippen molar-refractivity contribution in [1.29, 1.82) is 0 Å². The molecule has 0 aliphatic carbocycles. The third-order valence-electron chi connectivity index (χ3n) is 2.45. The Hall–Kier alpha value is -1.00. The fraction of sp³-hybridized carbons (Fsp3) is 0.300. The summed E-state index contributed by atoms with van der Waals surface area (Å²) in [4.78, 5) is 7.91. The number of thioether (sulfide) groups is 1. The first kappa shape index (κ1) is 8.32. The number of hydrogen-bond donors (Lipinski definition) is 2. The van der Waals surface area contributed by atoms with E-state index in [2.05, 4.69) is 21.4 Å². The van der Waals surface area contributed by atoms with Crippen molar-refractivity contribution in [2.24, 2.45) is 0 Å². The Labute approximate surface area is 86.3 Å². The molecule has 0 bridgehead atoms. The number of rotatable bonds is 1. The molecule has 2 aromatic rings. The summed E-state index contributed by atoms with van der Waals surface area (Å²) in [7, 11) is 0. The molecule has 0 unspecified atom stereocenters. The van der Waals surface area contributed by atoms with Gasteiger partial charge in [-0.1, -0.05) is 12.1 Å². The summed E-state index contributed by atoms with van der Waals surface area (Å²) >= 11 is 1.92. The topological polar surface area (TPSA) is 40.7 Å². The molecule has 2 heterocycles. The lowest BCUT2D eigenvalue weighted by Crippen LogP contribution is -2.15. The molecule has 3 rings (SSSR count). The first-order chi connectivity index (χ1) is 6.93. The minimum atomic E-state index is 0.396. The fourth-order valence-corrected chi connectivity index (χ4v) is 2.66. The van der Waals surface area contributed by atoms with Gasteiger partial charge in [0.2, 0.25) is 0 Å². The van der Waals surface area contributed by atoms with Gasteiger partial charge in [-0.25, -0.2) is 4.98 Å². The van der Waals surface area contributed by atoms with Crippen LogP contribution in [0.4, 0.5) is 0 Å². The van der Waals surface area contributed by atoms with Gasteiger partial charge in [0, 0.05) is 11.6 Å². The van der Waals surface area contributed by atoms with E-state index in [1.165, 1.54) is 0 Å². The van der Waals surface area contributed by atoms with Crippen molar-refractivity contribution in [3.8, 4) is 0 Å². The van der Waals surface area contributed by atoms with Crippen molar-refractivity contribution in [3.63, 3.8) is 0 Å². The number of aromatic amines is 1. The first-order valence-electron chi connectivity index (χ1n) is 4.69. The lowest BCUT2D eigenvalue weighted by atomic mass is 10.3. The van der Waals surface area contributed by atoms with Crippen molar-refractivity contribution < 1.29 is 0 Å². The first-order valence-corrected chi connectivity index (χ1v) is 5.85. The lowest BCUT2D eigenvalue weighted by molar-refractivity contribution is 0.642. The van der Waals surface area contributed by atoms with Crippen LogP contribution in [-0.2, 0) is 0 Å². The highest BCUT2D eigenvalue weighted by molar-refractivity contribution is 7.99. The Bertz CT molecular complexity index is 412. The Morgan fingerprint density at radius 2 is 2.29 bits per heavy atom. The Kier molecular flexibility index (Phi) is 1.96. The van der Waals surface area contributed by atoms with E-state index in [1.54, 1.807) is 0 Å². The summed E-state index contributed by atoms with van der Waals surface area (Å²) in [6.07, 6.45) is 0. The summed E-state index contributed by atoms with van der Waals surface area (Å²) in [6, 6.07) is 8.54. The molecule has 4 heteroatoms. The van der Waals surface area contributed by atoms with E-state index in [1.807, 2.05) is 30.0 Å². The molecule has 3 nitrogen and oxygen atoms in total. The van der Waals surface area contributed by atoms with Gasteiger partial charge in [-0.3, -0.25) is 5.32 Å². The summed E-state index contributed by atoms with van der Waals surface area (Å²) < 4.78 is 0. The molecule has 1 fully saturated rings. The van der Waals surface area contributed by atoms with E-state index in [4.69, 9.17) is 0 Å². The van der Waals surface area contributed by atoms with Gasteiger partial charge in [0.1, 0.15) is 5.82 Å². The van der Waals surface area contributed by atoms with E-state index >= 15 is 0 Å². The van der Waals surface area contributed by atoms with Crippen molar-refractivity contribution in [3.05, 3.63) is 30.1 Å². The predicted octanol–water partition coefficient (Wildman–Crippen LogP) is 1.90. The smallest absolute Gasteiger partial charge is 0.125 e. The number of nitrogens with zero attached hydrogens (tertiary/aromatic N) is 1. The number of aromatic nitrogens is 2. The van der Waals surface area contributed by atoms with Crippen LogP contribution in [0.2, 0.25) is 0 Å². The van der Waals surface area contributed by atoms with E-state index in [-0.39, 0.29) is 0 Å². The highest BCUT2D eigenvalue weighted by atomic mass is 32.2. The van der Waals surface area contributed by atoms with Crippen molar-refractivity contribution in [2.75, 3.05) is 11.6 Å². The zero-order chi connectivity index (χ0) is 9.38. The summed E-state index contributed by atoms with van der Waals surface area (Å²) in [6.45, 7) is 0. The van der Waals surface area contributed by atoms with Gasteiger partial charge in [0.05, 0.1) is 17.1 Å². The van der Waals surface area contributed by atoms with Crippen LogP contribution in [0.15, 0.2) is 24.3 Å². The van der Waals surface area contributed by atoms with Crippen molar-refractivity contribution in [1.82, 2.24) is 15.3 Å².